The third-order valence-electron chi connectivity index (χ3n) is 3.97. The highest BCUT2D eigenvalue weighted by Gasteiger charge is 2.04. The predicted octanol–water partition coefficient (Wildman–Crippen LogP) is 3.67. The number of rotatable bonds is 11. The second-order valence-corrected chi connectivity index (χ2v) is 6.92. The van der Waals surface area contributed by atoms with Crippen molar-refractivity contribution in [2.75, 3.05) is 26.3 Å². The van der Waals surface area contributed by atoms with Crippen LogP contribution in [0.15, 0.2) is 47.7 Å². The van der Waals surface area contributed by atoms with E-state index in [0.717, 1.165) is 45.2 Å². The van der Waals surface area contributed by atoms with Gasteiger partial charge in [0.2, 0.25) is 0 Å². The fraction of sp³-hybridized carbons (Fsp3) is 0.524. The minimum Gasteiger partial charge on any atom is -0.381 e. The Hall–Kier alpha value is -1.61. The highest BCUT2D eigenvalue weighted by atomic mass is 127. The van der Waals surface area contributed by atoms with Crippen molar-refractivity contribution in [1.29, 1.82) is 0 Å². The summed E-state index contributed by atoms with van der Waals surface area (Å²) in [6.45, 7) is 11.1. The maximum Gasteiger partial charge on any atom is 0.191 e. The zero-order valence-corrected chi connectivity index (χ0v) is 19.6. The second kappa shape index (κ2) is 14.4. The van der Waals surface area contributed by atoms with Crippen LogP contribution in [0.2, 0.25) is 0 Å². The number of benzene rings is 1. The van der Waals surface area contributed by atoms with Gasteiger partial charge in [-0.25, -0.2) is 4.99 Å². The van der Waals surface area contributed by atoms with Gasteiger partial charge in [0.25, 0.3) is 0 Å². The van der Waals surface area contributed by atoms with E-state index in [1.807, 2.05) is 16.9 Å². The lowest BCUT2D eigenvalue weighted by Crippen LogP contribution is -2.38. The predicted molar refractivity (Wildman–Crippen MR) is 126 cm³/mol. The molecular formula is C21H34IN5O. The van der Waals surface area contributed by atoms with Crippen LogP contribution in [0.25, 0.3) is 0 Å². The van der Waals surface area contributed by atoms with Crippen LogP contribution >= 0.6 is 24.0 Å². The molecule has 1 heterocycles. The molecule has 7 heteroatoms. The minimum atomic E-state index is 0. The molecule has 1 aromatic carbocycles. The van der Waals surface area contributed by atoms with Gasteiger partial charge in [0, 0.05) is 38.7 Å². The number of hydrogen-bond acceptors (Lipinski definition) is 3. The number of ether oxygens (including phenoxy) is 1. The topological polar surface area (TPSA) is 63.5 Å². The van der Waals surface area contributed by atoms with Gasteiger partial charge in [-0.15, -0.1) is 24.0 Å². The normalized spacial score (nSPS) is 11.4. The highest BCUT2D eigenvalue weighted by Crippen LogP contribution is 2.11. The fourth-order valence-corrected chi connectivity index (χ4v) is 2.64. The van der Waals surface area contributed by atoms with E-state index < -0.39 is 0 Å². The van der Waals surface area contributed by atoms with E-state index in [0.29, 0.717) is 12.5 Å². The lowest BCUT2D eigenvalue weighted by atomic mass is 10.1. The van der Waals surface area contributed by atoms with Gasteiger partial charge in [0.05, 0.1) is 13.1 Å². The number of nitrogens with one attached hydrogen (secondary N) is 2. The molecule has 0 radical (unpaired) electrons. The first-order chi connectivity index (χ1) is 13.2. The van der Waals surface area contributed by atoms with E-state index in [1.165, 1.54) is 11.1 Å². The number of halogens is 1. The van der Waals surface area contributed by atoms with Crippen molar-refractivity contribution < 1.29 is 4.74 Å². The summed E-state index contributed by atoms with van der Waals surface area (Å²) in [5, 5.41) is 11.0. The Morgan fingerprint density at radius 1 is 1.18 bits per heavy atom. The molecule has 0 atom stereocenters. The number of nitrogens with zero attached hydrogens (tertiary/aromatic N) is 3. The van der Waals surface area contributed by atoms with E-state index in [-0.39, 0.29) is 24.0 Å². The largest absolute Gasteiger partial charge is 0.381 e. The van der Waals surface area contributed by atoms with E-state index in [1.54, 1.807) is 6.20 Å². The number of hydrogen-bond donors (Lipinski definition) is 2. The van der Waals surface area contributed by atoms with Crippen LogP contribution in [-0.4, -0.2) is 42.0 Å². The molecule has 1 aromatic heterocycles. The Morgan fingerprint density at radius 3 is 2.64 bits per heavy atom. The summed E-state index contributed by atoms with van der Waals surface area (Å²) in [4.78, 5) is 4.74. The van der Waals surface area contributed by atoms with Gasteiger partial charge in [-0.2, -0.15) is 5.10 Å². The van der Waals surface area contributed by atoms with Crippen molar-refractivity contribution in [1.82, 2.24) is 20.4 Å². The quantitative estimate of drug-likeness (QED) is 0.214. The third-order valence-corrected chi connectivity index (χ3v) is 3.97. The Balaban J connectivity index is 0.00000392. The highest BCUT2D eigenvalue weighted by molar-refractivity contribution is 14.0. The first-order valence-electron chi connectivity index (χ1n) is 9.83. The Bertz CT molecular complexity index is 673. The van der Waals surface area contributed by atoms with Gasteiger partial charge in [-0.3, -0.25) is 4.68 Å². The van der Waals surface area contributed by atoms with Crippen molar-refractivity contribution in [2.24, 2.45) is 10.9 Å². The SMILES string of the molecule is CCNC(=NCc1ccccc1Cn1cccn1)NCCCOCC(C)C.I. The zero-order valence-electron chi connectivity index (χ0n) is 17.2. The summed E-state index contributed by atoms with van der Waals surface area (Å²) in [6.07, 6.45) is 4.75. The van der Waals surface area contributed by atoms with Gasteiger partial charge in [0.1, 0.15) is 0 Å². The number of aromatic nitrogens is 2. The lowest BCUT2D eigenvalue weighted by molar-refractivity contribution is 0.108. The van der Waals surface area contributed by atoms with Crippen molar-refractivity contribution >= 4 is 29.9 Å². The smallest absolute Gasteiger partial charge is 0.191 e. The standard InChI is InChI=1S/C21H33N5O.HI/c1-4-22-21(23-11-8-14-27-17-18(2)3)24-15-19-9-5-6-10-20(19)16-26-13-7-12-25-26;/h5-7,9-10,12-13,18H,4,8,11,14-17H2,1-3H3,(H2,22,23,24);1H. The maximum absolute atomic E-state index is 5.62. The maximum atomic E-state index is 5.62. The molecule has 28 heavy (non-hydrogen) atoms. The average Bonchev–Trinajstić information content (AvgIpc) is 3.16. The van der Waals surface area contributed by atoms with Gasteiger partial charge in [-0.05, 0) is 36.5 Å². The molecule has 0 bridgehead atoms. The molecule has 0 amide bonds. The molecule has 0 unspecified atom stereocenters. The lowest BCUT2D eigenvalue weighted by Gasteiger charge is -2.13. The van der Waals surface area contributed by atoms with Gasteiger partial charge >= 0.3 is 0 Å². The summed E-state index contributed by atoms with van der Waals surface area (Å²) in [5.41, 5.74) is 2.45. The second-order valence-electron chi connectivity index (χ2n) is 6.92. The molecule has 6 nitrogen and oxygen atoms in total. The van der Waals surface area contributed by atoms with Crippen LogP contribution in [0.3, 0.4) is 0 Å². The van der Waals surface area contributed by atoms with Gasteiger partial charge in [-0.1, -0.05) is 38.1 Å². The molecule has 0 aliphatic rings. The fourth-order valence-electron chi connectivity index (χ4n) is 2.64. The molecule has 2 rings (SSSR count). The molecular weight excluding hydrogens is 465 g/mol. The first kappa shape index (κ1) is 24.4. The van der Waals surface area contributed by atoms with Crippen LogP contribution in [0.1, 0.15) is 38.3 Å². The van der Waals surface area contributed by atoms with Crippen molar-refractivity contribution in [2.45, 2.75) is 40.3 Å². The van der Waals surface area contributed by atoms with E-state index in [9.17, 15) is 0 Å². The molecule has 0 aliphatic heterocycles. The minimum absolute atomic E-state index is 0. The molecule has 2 aromatic rings. The summed E-state index contributed by atoms with van der Waals surface area (Å²) in [5.74, 6) is 1.42. The van der Waals surface area contributed by atoms with E-state index in [4.69, 9.17) is 9.73 Å². The van der Waals surface area contributed by atoms with E-state index in [2.05, 4.69) is 60.8 Å². The van der Waals surface area contributed by atoms with E-state index >= 15 is 0 Å². The van der Waals surface area contributed by atoms with Crippen LogP contribution in [0, 0.1) is 5.92 Å². The monoisotopic (exact) mass is 499 g/mol. The summed E-state index contributed by atoms with van der Waals surface area (Å²) in [7, 11) is 0. The number of aliphatic imine (C=N–C) groups is 1. The van der Waals surface area contributed by atoms with Gasteiger partial charge in [0.15, 0.2) is 5.96 Å². The average molecular weight is 499 g/mol. The van der Waals surface area contributed by atoms with Crippen molar-refractivity contribution in [3.05, 3.63) is 53.9 Å². The molecule has 0 fully saturated rings. The van der Waals surface area contributed by atoms with Crippen LogP contribution < -0.4 is 10.6 Å². The third kappa shape index (κ3) is 9.54. The van der Waals surface area contributed by atoms with Crippen LogP contribution in [-0.2, 0) is 17.8 Å². The molecule has 2 N–H and O–H groups in total. The molecule has 156 valence electrons. The number of guanidine groups is 1. The van der Waals surface area contributed by atoms with Crippen LogP contribution in [0.5, 0.6) is 0 Å². The molecule has 0 aliphatic carbocycles. The summed E-state index contributed by atoms with van der Waals surface area (Å²) < 4.78 is 7.56. The summed E-state index contributed by atoms with van der Waals surface area (Å²) >= 11 is 0. The Labute approximate surface area is 186 Å². The molecule has 0 saturated heterocycles. The van der Waals surface area contributed by atoms with Crippen LogP contribution in [0.4, 0.5) is 0 Å². The Kier molecular flexibility index (Phi) is 12.6. The molecule has 0 saturated carbocycles. The Morgan fingerprint density at radius 2 is 1.96 bits per heavy atom. The van der Waals surface area contributed by atoms with Gasteiger partial charge < -0.3 is 15.4 Å². The zero-order chi connectivity index (χ0) is 19.3. The summed E-state index contributed by atoms with van der Waals surface area (Å²) in [6, 6.07) is 10.3. The van der Waals surface area contributed by atoms with Crippen molar-refractivity contribution in [3.63, 3.8) is 0 Å². The molecule has 0 spiro atoms. The first-order valence-corrected chi connectivity index (χ1v) is 9.83. The van der Waals surface area contributed by atoms with Crippen molar-refractivity contribution in [3.8, 4) is 0 Å².